The molecule has 8 heteroatoms. The Hall–Kier alpha value is -1.79. The van der Waals surface area contributed by atoms with E-state index in [-0.39, 0.29) is 28.0 Å². The average molecular weight is 291 g/mol. The van der Waals surface area contributed by atoms with Crippen LogP contribution in [0.25, 0.3) is 0 Å². The van der Waals surface area contributed by atoms with E-state index in [2.05, 4.69) is 21.6 Å². The van der Waals surface area contributed by atoms with Gasteiger partial charge in [-0.1, -0.05) is 35.9 Å². The zero-order chi connectivity index (χ0) is 13.7. The monoisotopic (exact) mass is 290 g/mol. The van der Waals surface area contributed by atoms with Gasteiger partial charge in [-0.2, -0.15) is 0 Å². The molecule has 1 amide bonds. The second kappa shape index (κ2) is 6.23. The van der Waals surface area contributed by atoms with Crippen molar-refractivity contribution in [3.8, 4) is 0 Å². The quantitative estimate of drug-likeness (QED) is 0.657. The van der Waals surface area contributed by atoms with Crippen molar-refractivity contribution >= 4 is 41.0 Å². The van der Waals surface area contributed by atoms with Crippen LogP contribution in [0.3, 0.4) is 0 Å². The Bertz CT molecular complexity index is 505. The summed E-state index contributed by atoms with van der Waals surface area (Å²) in [5.41, 5.74) is -0.460. The molecule has 0 spiro atoms. The van der Waals surface area contributed by atoms with Gasteiger partial charge < -0.3 is 9.84 Å². The second-order valence-corrected chi connectivity index (χ2v) is 3.70. The summed E-state index contributed by atoms with van der Waals surface area (Å²) in [4.78, 5) is 25.9. The van der Waals surface area contributed by atoms with Crippen LogP contribution in [0.5, 0.6) is 0 Å². The van der Waals surface area contributed by atoms with Crippen molar-refractivity contribution in [2.45, 2.75) is 0 Å². The summed E-state index contributed by atoms with van der Waals surface area (Å²) >= 11 is 11.3. The lowest BCUT2D eigenvalue weighted by molar-refractivity contribution is 0.0698. The zero-order valence-corrected chi connectivity index (χ0v) is 10.5. The molecule has 96 valence electrons. The third kappa shape index (κ3) is 3.35. The molecule has 2 N–H and O–H groups in total. The highest BCUT2D eigenvalue weighted by atomic mass is 35.5. The van der Waals surface area contributed by atoms with Crippen LogP contribution in [-0.2, 0) is 4.74 Å². The molecule has 0 bridgehead atoms. The number of aromatic nitrogens is 1. The Morgan fingerprint density at radius 2 is 2.22 bits per heavy atom. The van der Waals surface area contributed by atoms with Crippen LogP contribution in [0.1, 0.15) is 10.4 Å². The van der Waals surface area contributed by atoms with Gasteiger partial charge in [0.1, 0.15) is 17.3 Å². The number of carboxylic acid groups (broad SMARTS) is 1. The molecule has 0 saturated carbocycles. The molecule has 6 nitrogen and oxygen atoms in total. The van der Waals surface area contributed by atoms with Crippen molar-refractivity contribution in [3.63, 3.8) is 0 Å². The molecule has 0 aliphatic carbocycles. The predicted octanol–water partition coefficient (Wildman–Crippen LogP) is 2.82. The number of hydrogen-bond donors (Lipinski definition) is 2. The first-order valence-electron chi connectivity index (χ1n) is 4.59. The minimum absolute atomic E-state index is 0.0109. The zero-order valence-electron chi connectivity index (χ0n) is 8.94. The summed E-state index contributed by atoms with van der Waals surface area (Å²) in [6.07, 6.45) is 1.59. The van der Waals surface area contributed by atoms with Gasteiger partial charge in [-0.05, 0) is 0 Å². The molecule has 1 heterocycles. The number of aromatic carboxylic acids is 1. The number of carbonyl (C=O) groups excluding carboxylic acids is 1. The lowest BCUT2D eigenvalue weighted by atomic mass is 10.2. The van der Waals surface area contributed by atoms with Gasteiger partial charge in [-0.3, -0.25) is 5.32 Å². The molecule has 0 aliphatic rings. The fourth-order valence-electron chi connectivity index (χ4n) is 1.05. The van der Waals surface area contributed by atoms with Gasteiger partial charge in [0, 0.05) is 0 Å². The summed E-state index contributed by atoms with van der Waals surface area (Å²) < 4.78 is 4.64. The molecular formula is C10H8Cl2N2O4. The topological polar surface area (TPSA) is 88.5 Å². The number of ether oxygens (including phenoxy) is 1. The van der Waals surface area contributed by atoms with E-state index < -0.39 is 12.1 Å². The number of carboxylic acids is 1. The molecule has 0 radical (unpaired) electrons. The van der Waals surface area contributed by atoms with Crippen LogP contribution >= 0.6 is 23.2 Å². The molecule has 0 saturated heterocycles. The summed E-state index contributed by atoms with van der Waals surface area (Å²) in [6.45, 7) is 3.35. The Balaban J connectivity index is 3.02. The predicted molar refractivity (Wildman–Crippen MR) is 66.4 cm³/mol. The van der Waals surface area contributed by atoms with E-state index in [1.807, 2.05) is 0 Å². The maximum absolute atomic E-state index is 11.3. The SMILES string of the molecule is C=CCOC(=O)Nc1cnc(Cl)c(Cl)c1C(=O)O. The maximum atomic E-state index is 11.3. The van der Waals surface area contributed by atoms with Crippen molar-refractivity contribution in [2.24, 2.45) is 0 Å². The van der Waals surface area contributed by atoms with Gasteiger partial charge in [-0.15, -0.1) is 0 Å². The standard InChI is InChI=1S/C10H8Cl2N2O4/c1-2-3-18-10(17)14-5-4-13-8(12)7(11)6(5)9(15)16/h2,4H,1,3H2,(H,14,17)(H,15,16). The number of nitrogens with zero attached hydrogens (tertiary/aromatic N) is 1. The van der Waals surface area contributed by atoms with Gasteiger partial charge in [0.15, 0.2) is 0 Å². The summed E-state index contributed by atoms with van der Waals surface area (Å²) in [5.74, 6) is -1.34. The number of rotatable bonds is 4. The fourth-order valence-corrected chi connectivity index (χ4v) is 1.42. The number of anilines is 1. The third-order valence-electron chi connectivity index (χ3n) is 1.76. The summed E-state index contributed by atoms with van der Waals surface area (Å²) in [6, 6.07) is 0. The Labute approximate surface area is 112 Å². The molecule has 1 aromatic rings. The van der Waals surface area contributed by atoms with Crippen molar-refractivity contribution in [1.82, 2.24) is 4.98 Å². The largest absolute Gasteiger partial charge is 0.478 e. The average Bonchev–Trinajstić information content (AvgIpc) is 2.31. The van der Waals surface area contributed by atoms with E-state index in [0.717, 1.165) is 6.20 Å². The maximum Gasteiger partial charge on any atom is 0.412 e. The van der Waals surface area contributed by atoms with Crippen molar-refractivity contribution in [3.05, 3.63) is 34.6 Å². The number of amides is 1. The lowest BCUT2D eigenvalue weighted by Crippen LogP contribution is -2.16. The summed E-state index contributed by atoms with van der Waals surface area (Å²) in [7, 11) is 0. The second-order valence-electron chi connectivity index (χ2n) is 2.97. The van der Waals surface area contributed by atoms with E-state index in [0.29, 0.717) is 0 Å². The number of carbonyl (C=O) groups is 2. The van der Waals surface area contributed by atoms with Gasteiger partial charge in [0.25, 0.3) is 0 Å². The van der Waals surface area contributed by atoms with E-state index in [4.69, 9.17) is 28.3 Å². The van der Waals surface area contributed by atoms with Gasteiger partial charge in [0.05, 0.1) is 16.9 Å². The van der Waals surface area contributed by atoms with Crippen LogP contribution in [0.2, 0.25) is 10.2 Å². The van der Waals surface area contributed by atoms with Gasteiger partial charge >= 0.3 is 12.1 Å². The highest BCUT2D eigenvalue weighted by molar-refractivity contribution is 6.43. The van der Waals surface area contributed by atoms with Crippen molar-refractivity contribution in [2.75, 3.05) is 11.9 Å². The molecule has 0 aromatic carbocycles. The Morgan fingerprint density at radius 1 is 1.56 bits per heavy atom. The van der Waals surface area contributed by atoms with Crippen LogP contribution < -0.4 is 5.32 Å². The molecule has 0 atom stereocenters. The highest BCUT2D eigenvalue weighted by Crippen LogP contribution is 2.29. The molecular weight excluding hydrogens is 283 g/mol. The molecule has 18 heavy (non-hydrogen) atoms. The van der Waals surface area contributed by atoms with Crippen molar-refractivity contribution in [1.29, 1.82) is 0 Å². The number of hydrogen-bond acceptors (Lipinski definition) is 4. The number of nitrogens with one attached hydrogen (secondary N) is 1. The Morgan fingerprint density at radius 3 is 2.78 bits per heavy atom. The third-order valence-corrected chi connectivity index (χ3v) is 2.51. The first-order chi connectivity index (χ1) is 8.47. The van der Waals surface area contributed by atoms with Crippen LogP contribution in [0.4, 0.5) is 10.5 Å². The molecule has 0 aliphatic heterocycles. The first kappa shape index (κ1) is 14.3. The summed E-state index contributed by atoms with van der Waals surface area (Å²) in [5, 5.41) is 10.8. The first-order valence-corrected chi connectivity index (χ1v) is 5.35. The molecule has 0 unspecified atom stereocenters. The lowest BCUT2D eigenvalue weighted by Gasteiger charge is -2.09. The van der Waals surface area contributed by atoms with E-state index in [9.17, 15) is 9.59 Å². The van der Waals surface area contributed by atoms with Crippen LogP contribution in [0.15, 0.2) is 18.9 Å². The van der Waals surface area contributed by atoms with Crippen LogP contribution in [-0.4, -0.2) is 28.8 Å². The van der Waals surface area contributed by atoms with E-state index in [1.165, 1.54) is 6.08 Å². The normalized spacial score (nSPS) is 9.67. The number of pyridine rings is 1. The van der Waals surface area contributed by atoms with Gasteiger partial charge in [0.2, 0.25) is 0 Å². The minimum atomic E-state index is -1.34. The Kier molecular flexibility index (Phi) is 4.94. The van der Waals surface area contributed by atoms with E-state index >= 15 is 0 Å². The van der Waals surface area contributed by atoms with Crippen LogP contribution in [0, 0.1) is 0 Å². The highest BCUT2D eigenvalue weighted by Gasteiger charge is 2.20. The van der Waals surface area contributed by atoms with E-state index in [1.54, 1.807) is 0 Å². The van der Waals surface area contributed by atoms with Gasteiger partial charge in [-0.25, -0.2) is 14.6 Å². The fraction of sp³-hybridized carbons (Fsp3) is 0.100. The molecule has 1 rings (SSSR count). The van der Waals surface area contributed by atoms with Crippen molar-refractivity contribution < 1.29 is 19.4 Å². The minimum Gasteiger partial charge on any atom is -0.478 e. The molecule has 0 fully saturated rings. The molecule has 1 aromatic heterocycles. The number of halogens is 2. The smallest absolute Gasteiger partial charge is 0.412 e.